The average Bonchev–Trinajstić information content (AvgIpc) is 2.65. The molecule has 1 saturated heterocycles. The van der Waals surface area contributed by atoms with Crippen LogP contribution in [-0.2, 0) is 13.1 Å². The molecule has 0 radical (unpaired) electrons. The van der Waals surface area contributed by atoms with Crippen LogP contribution >= 0.6 is 15.9 Å². The van der Waals surface area contributed by atoms with Gasteiger partial charge < -0.3 is 5.32 Å². The van der Waals surface area contributed by atoms with E-state index in [2.05, 4.69) is 77.5 Å². The first-order valence-electron chi connectivity index (χ1n) is 7.93. The van der Waals surface area contributed by atoms with E-state index in [0.29, 0.717) is 12.1 Å². The van der Waals surface area contributed by atoms with Crippen LogP contribution in [-0.4, -0.2) is 39.9 Å². The quantitative estimate of drug-likeness (QED) is 0.902. The monoisotopic (exact) mass is 356 g/mol. The molecule has 2 atom stereocenters. The molecule has 4 nitrogen and oxygen atoms in total. The highest BCUT2D eigenvalue weighted by Crippen LogP contribution is 2.30. The van der Waals surface area contributed by atoms with Crippen molar-refractivity contribution >= 4 is 15.9 Å². The van der Waals surface area contributed by atoms with E-state index in [1.807, 2.05) is 0 Å². The Balaban J connectivity index is 2.26. The van der Waals surface area contributed by atoms with Crippen molar-refractivity contribution in [1.29, 1.82) is 0 Å². The van der Waals surface area contributed by atoms with Gasteiger partial charge in [-0.15, -0.1) is 0 Å². The van der Waals surface area contributed by atoms with E-state index in [1.165, 1.54) is 10.2 Å². The molecule has 5 heteroatoms. The molecule has 0 bridgehead atoms. The normalized spacial score (nSPS) is 24.5. The number of piperazine rings is 1. The molecule has 1 aromatic heterocycles. The minimum atomic E-state index is 0.270. The van der Waals surface area contributed by atoms with Gasteiger partial charge >= 0.3 is 0 Å². The molecular formula is C16H29BrN4. The Labute approximate surface area is 137 Å². The second-order valence-electron chi connectivity index (χ2n) is 7.28. The van der Waals surface area contributed by atoms with Gasteiger partial charge in [-0.3, -0.25) is 9.58 Å². The van der Waals surface area contributed by atoms with E-state index in [-0.39, 0.29) is 5.41 Å². The predicted molar refractivity (Wildman–Crippen MR) is 91.5 cm³/mol. The molecule has 1 aliphatic rings. The highest BCUT2D eigenvalue weighted by molar-refractivity contribution is 9.10. The Morgan fingerprint density at radius 2 is 2.05 bits per heavy atom. The predicted octanol–water partition coefficient (Wildman–Crippen LogP) is 3.18. The van der Waals surface area contributed by atoms with E-state index in [9.17, 15) is 0 Å². The molecule has 21 heavy (non-hydrogen) atoms. The standard InChI is InChI=1S/C16H29BrN4/c1-7-21-13(15(17)12(3)19-21)10-20-9-11(2)18-8-14(20)16(4,5)6/h11,14,18H,7-10H2,1-6H3. The first-order valence-corrected chi connectivity index (χ1v) is 8.72. The van der Waals surface area contributed by atoms with Crippen molar-refractivity contribution in [2.45, 2.75) is 66.7 Å². The fraction of sp³-hybridized carbons (Fsp3) is 0.812. The number of nitrogens with one attached hydrogen (secondary N) is 1. The maximum atomic E-state index is 4.63. The lowest BCUT2D eigenvalue weighted by atomic mass is 9.84. The smallest absolute Gasteiger partial charge is 0.0739 e. The van der Waals surface area contributed by atoms with Crippen LogP contribution in [0.15, 0.2) is 4.47 Å². The molecule has 2 rings (SSSR count). The van der Waals surface area contributed by atoms with E-state index < -0.39 is 0 Å². The summed E-state index contributed by atoms with van der Waals surface area (Å²) in [4.78, 5) is 2.62. The van der Waals surface area contributed by atoms with E-state index >= 15 is 0 Å². The summed E-state index contributed by atoms with van der Waals surface area (Å²) in [5.74, 6) is 0. The van der Waals surface area contributed by atoms with Crippen LogP contribution in [0.25, 0.3) is 0 Å². The molecule has 0 spiro atoms. The summed E-state index contributed by atoms with van der Waals surface area (Å²) in [6.45, 7) is 17.5. The average molecular weight is 357 g/mol. The summed E-state index contributed by atoms with van der Waals surface area (Å²) < 4.78 is 3.30. The van der Waals surface area contributed by atoms with E-state index in [1.54, 1.807) is 0 Å². The summed E-state index contributed by atoms with van der Waals surface area (Å²) in [7, 11) is 0. The summed E-state index contributed by atoms with van der Waals surface area (Å²) in [5.41, 5.74) is 2.66. The van der Waals surface area contributed by atoms with Crippen LogP contribution in [0.3, 0.4) is 0 Å². The van der Waals surface area contributed by atoms with Crippen molar-refractivity contribution in [2.75, 3.05) is 13.1 Å². The van der Waals surface area contributed by atoms with Crippen molar-refractivity contribution in [3.05, 3.63) is 15.9 Å². The molecule has 2 unspecified atom stereocenters. The summed E-state index contributed by atoms with van der Waals surface area (Å²) in [5, 5.41) is 8.25. The first kappa shape index (κ1) is 17.0. The molecule has 1 fully saturated rings. The van der Waals surface area contributed by atoms with Crippen molar-refractivity contribution in [3.63, 3.8) is 0 Å². The molecule has 1 aromatic rings. The molecule has 1 N–H and O–H groups in total. The third kappa shape index (κ3) is 3.69. The Morgan fingerprint density at radius 3 is 2.62 bits per heavy atom. The van der Waals surface area contributed by atoms with Crippen molar-refractivity contribution < 1.29 is 0 Å². The van der Waals surface area contributed by atoms with E-state index in [4.69, 9.17) is 0 Å². The van der Waals surface area contributed by atoms with Crippen molar-refractivity contribution in [3.8, 4) is 0 Å². The van der Waals surface area contributed by atoms with Gasteiger partial charge in [0.1, 0.15) is 0 Å². The Hall–Kier alpha value is -0.390. The van der Waals surface area contributed by atoms with Crippen LogP contribution < -0.4 is 5.32 Å². The van der Waals surface area contributed by atoms with Gasteiger partial charge in [-0.05, 0) is 42.1 Å². The summed E-state index contributed by atoms with van der Waals surface area (Å²) in [6, 6.07) is 1.09. The molecule has 0 amide bonds. The van der Waals surface area contributed by atoms with Crippen LogP contribution in [0, 0.1) is 12.3 Å². The largest absolute Gasteiger partial charge is 0.311 e. The second-order valence-corrected chi connectivity index (χ2v) is 8.08. The van der Waals surface area contributed by atoms with Crippen LogP contribution in [0.1, 0.15) is 46.0 Å². The molecule has 1 aliphatic heterocycles. The van der Waals surface area contributed by atoms with Gasteiger partial charge in [0.25, 0.3) is 0 Å². The Bertz CT molecular complexity index is 489. The molecule has 0 aromatic carbocycles. The topological polar surface area (TPSA) is 33.1 Å². The number of halogens is 1. The minimum absolute atomic E-state index is 0.270. The summed E-state index contributed by atoms with van der Waals surface area (Å²) in [6.07, 6.45) is 0. The molecule has 0 aliphatic carbocycles. The van der Waals surface area contributed by atoms with Crippen LogP contribution in [0.5, 0.6) is 0 Å². The summed E-state index contributed by atoms with van der Waals surface area (Å²) >= 11 is 3.73. The maximum Gasteiger partial charge on any atom is 0.0739 e. The van der Waals surface area contributed by atoms with Gasteiger partial charge in [0.2, 0.25) is 0 Å². The number of aromatic nitrogens is 2. The number of aryl methyl sites for hydroxylation is 2. The molecule has 120 valence electrons. The fourth-order valence-corrected chi connectivity index (χ4v) is 3.64. The van der Waals surface area contributed by atoms with Gasteiger partial charge in [-0.2, -0.15) is 5.10 Å². The highest BCUT2D eigenvalue weighted by atomic mass is 79.9. The van der Waals surface area contributed by atoms with Gasteiger partial charge in [0, 0.05) is 38.3 Å². The van der Waals surface area contributed by atoms with Gasteiger partial charge in [-0.1, -0.05) is 20.8 Å². The number of hydrogen-bond acceptors (Lipinski definition) is 3. The van der Waals surface area contributed by atoms with Gasteiger partial charge in [0.15, 0.2) is 0 Å². The first-order chi connectivity index (χ1) is 9.74. The zero-order chi connectivity index (χ0) is 15.8. The number of hydrogen-bond donors (Lipinski definition) is 1. The maximum absolute atomic E-state index is 4.63. The lowest BCUT2D eigenvalue weighted by Gasteiger charge is -2.45. The Morgan fingerprint density at radius 1 is 1.38 bits per heavy atom. The second kappa shape index (κ2) is 6.39. The molecular weight excluding hydrogens is 328 g/mol. The fourth-order valence-electron chi connectivity index (χ4n) is 3.23. The lowest BCUT2D eigenvalue weighted by Crippen LogP contribution is -2.59. The van der Waals surface area contributed by atoms with E-state index in [0.717, 1.165) is 31.9 Å². The lowest BCUT2D eigenvalue weighted by molar-refractivity contribution is 0.0503. The van der Waals surface area contributed by atoms with Crippen LogP contribution in [0.2, 0.25) is 0 Å². The zero-order valence-corrected chi connectivity index (χ0v) is 15.8. The van der Waals surface area contributed by atoms with Crippen molar-refractivity contribution in [1.82, 2.24) is 20.0 Å². The van der Waals surface area contributed by atoms with Crippen molar-refractivity contribution in [2.24, 2.45) is 5.41 Å². The third-order valence-electron chi connectivity index (χ3n) is 4.41. The Kier molecular flexibility index (Phi) is 5.16. The van der Waals surface area contributed by atoms with Gasteiger partial charge in [-0.25, -0.2) is 0 Å². The van der Waals surface area contributed by atoms with Crippen LogP contribution in [0.4, 0.5) is 0 Å². The zero-order valence-electron chi connectivity index (χ0n) is 14.2. The third-order valence-corrected chi connectivity index (χ3v) is 5.45. The SMILES string of the molecule is CCn1nc(C)c(Br)c1CN1CC(C)NCC1C(C)(C)C. The minimum Gasteiger partial charge on any atom is -0.311 e. The molecule has 2 heterocycles. The van der Waals surface area contributed by atoms with Gasteiger partial charge in [0.05, 0.1) is 15.9 Å². The molecule has 0 saturated carbocycles. The number of rotatable bonds is 3. The highest BCUT2D eigenvalue weighted by Gasteiger charge is 2.35. The number of nitrogens with zero attached hydrogens (tertiary/aromatic N) is 3.